The molecular formula is C20H22N4O. The van der Waals surface area contributed by atoms with E-state index in [-0.39, 0.29) is 0 Å². The summed E-state index contributed by atoms with van der Waals surface area (Å²) in [6.07, 6.45) is 6.13. The molecule has 1 aliphatic heterocycles. The number of hydrogen-bond acceptors (Lipinski definition) is 5. The standard InChI is InChI=1S/C20H22N4O/c1-14-2-5-19(22-12-14)24-20-11-16-10-18(4-3-15(16)13-23-20)25-17-6-8-21-9-7-17/h2-5,10-13,17,21H,6-9H2,1H3,(H,22,23,24). The normalized spacial score (nSPS) is 15.2. The minimum Gasteiger partial charge on any atom is -0.490 e. The molecule has 0 spiro atoms. The second-order valence-corrected chi connectivity index (χ2v) is 6.49. The molecule has 1 aromatic carbocycles. The average Bonchev–Trinajstić information content (AvgIpc) is 2.64. The Morgan fingerprint density at radius 3 is 2.60 bits per heavy atom. The van der Waals surface area contributed by atoms with Gasteiger partial charge in [-0.25, -0.2) is 9.97 Å². The lowest BCUT2D eigenvalue weighted by Crippen LogP contribution is -2.34. The Hall–Kier alpha value is -2.66. The predicted molar refractivity (Wildman–Crippen MR) is 101 cm³/mol. The predicted octanol–water partition coefficient (Wildman–Crippen LogP) is 3.81. The van der Waals surface area contributed by atoms with E-state index in [0.717, 1.165) is 59.7 Å². The second kappa shape index (κ2) is 7.07. The van der Waals surface area contributed by atoms with Crippen LogP contribution < -0.4 is 15.4 Å². The summed E-state index contributed by atoms with van der Waals surface area (Å²) in [4.78, 5) is 8.84. The molecule has 0 aliphatic carbocycles. The SMILES string of the molecule is Cc1ccc(Nc2cc3cc(OC4CCNCC4)ccc3cn2)nc1. The smallest absolute Gasteiger partial charge is 0.132 e. The van der Waals surface area contributed by atoms with Crippen molar-refractivity contribution in [3.8, 4) is 5.75 Å². The topological polar surface area (TPSA) is 59.1 Å². The number of aryl methyl sites for hydroxylation is 1. The fourth-order valence-corrected chi connectivity index (χ4v) is 3.04. The van der Waals surface area contributed by atoms with Gasteiger partial charge < -0.3 is 15.4 Å². The Balaban J connectivity index is 1.54. The van der Waals surface area contributed by atoms with Crippen molar-refractivity contribution in [2.45, 2.75) is 25.9 Å². The second-order valence-electron chi connectivity index (χ2n) is 6.49. The van der Waals surface area contributed by atoms with Gasteiger partial charge in [-0.1, -0.05) is 6.07 Å². The van der Waals surface area contributed by atoms with Crippen LogP contribution in [0.25, 0.3) is 10.8 Å². The van der Waals surface area contributed by atoms with Crippen molar-refractivity contribution in [1.82, 2.24) is 15.3 Å². The molecule has 1 fully saturated rings. The Kier molecular flexibility index (Phi) is 4.48. The first-order valence-corrected chi connectivity index (χ1v) is 8.73. The molecule has 2 aromatic heterocycles. The lowest BCUT2D eigenvalue weighted by atomic mass is 10.1. The van der Waals surface area contributed by atoms with E-state index in [1.165, 1.54) is 0 Å². The first kappa shape index (κ1) is 15.8. The highest BCUT2D eigenvalue weighted by Crippen LogP contribution is 2.25. The maximum atomic E-state index is 6.14. The molecule has 2 N–H and O–H groups in total. The number of benzene rings is 1. The summed E-state index contributed by atoms with van der Waals surface area (Å²) in [5.74, 6) is 2.49. The van der Waals surface area contributed by atoms with Gasteiger partial charge in [0.15, 0.2) is 0 Å². The monoisotopic (exact) mass is 334 g/mol. The maximum absolute atomic E-state index is 6.14. The first-order valence-electron chi connectivity index (χ1n) is 8.73. The summed E-state index contributed by atoms with van der Waals surface area (Å²) in [5.41, 5.74) is 1.14. The van der Waals surface area contributed by atoms with Crippen LogP contribution >= 0.6 is 0 Å². The Bertz CT molecular complexity index is 857. The third kappa shape index (κ3) is 3.88. The summed E-state index contributed by atoms with van der Waals surface area (Å²) in [6.45, 7) is 4.08. The molecule has 3 aromatic rings. The molecule has 0 unspecified atom stereocenters. The lowest BCUT2D eigenvalue weighted by molar-refractivity contribution is 0.162. The fourth-order valence-electron chi connectivity index (χ4n) is 3.04. The van der Waals surface area contributed by atoms with E-state index in [1.807, 2.05) is 43.6 Å². The molecule has 1 aliphatic rings. The highest BCUT2D eigenvalue weighted by molar-refractivity contribution is 5.85. The van der Waals surface area contributed by atoms with Gasteiger partial charge >= 0.3 is 0 Å². The number of fused-ring (bicyclic) bond motifs is 1. The first-order chi connectivity index (χ1) is 12.3. The number of ether oxygens (including phenoxy) is 1. The Morgan fingerprint density at radius 1 is 0.960 bits per heavy atom. The zero-order chi connectivity index (χ0) is 17.1. The van der Waals surface area contributed by atoms with Crippen LogP contribution in [0.4, 0.5) is 11.6 Å². The Labute approximate surface area is 147 Å². The quantitative estimate of drug-likeness (QED) is 0.760. The average molecular weight is 334 g/mol. The van der Waals surface area contributed by atoms with Crippen molar-refractivity contribution in [3.05, 3.63) is 54.4 Å². The van der Waals surface area contributed by atoms with E-state index in [9.17, 15) is 0 Å². The van der Waals surface area contributed by atoms with Crippen LogP contribution in [0.3, 0.4) is 0 Å². The number of piperidine rings is 1. The van der Waals surface area contributed by atoms with E-state index in [0.29, 0.717) is 6.10 Å². The fraction of sp³-hybridized carbons (Fsp3) is 0.300. The zero-order valence-electron chi connectivity index (χ0n) is 14.3. The number of hydrogen-bond donors (Lipinski definition) is 2. The van der Waals surface area contributed by atoms with Gasteiger partial charge in [0.2, 0.25) is 0 Å². The number of anilines is 2. The summed E-state index contributed by atoms with van der Waals surface area (Å²) >= 11 is 0. The molecule has 0 bridgehead atoms. The van der Waals surface area contributed by atoms with Crippen molar-refractivity contribution in [3.63, 3.8) is 0 Å². The largest absolute Gasteiger partial charge is 0.490 e. The number of pyridine rings is 2. The van der Waals surface area contributed by atoms with Crippen LogP contribution in [0.2, 0.25) is 0 Å². The van der Waals surface area contributed by atoms with Crippen LogP contribution in [0.15, 0.2) is 48.8 Å². The lowest BCUT2D eigenvalue weighted by Gasteiger charge is -2.24. The van der Waals surface area contributed by atoms with Crippen LogP contribution in [0.1, 0.15) is 18.4 Å². The van der Waals surface area contributed by atoms with Crippen LogP contribution in [0, 0.1) is 6.92 Å². The molecule has 0 amide bonds. The third-order valence-electron chi connectivity index (χ3n) is 4.45. The molecule has 3 heterocycles. The van der Waals surface area contributed by atoms with Gasteiger partial charge in [-0.2, -0.15) is 0 Å². The van der Waals surface area contributed by atoms with Crippen LogP contribution in [0.5, 0.6) is 5.75 Å². The molecule has 25 heavy (non-hydrogen) atoms. The molecule has 4 rings (SSSR count). The van der Waals surface area contributed by atoms with Gasteiger partial charge in [0, 0.05) is 17.8 Å². The minimum atomic E-state index is 0.301. The van der Waals surface area contributed by atoms with Crippen molar-refractivity contribution < 1.29 is 4.74 Å². The van der Waals surface area contributed by atoms with Crippen molar-refractivity contribution in [2.75, 3.05) is 18.4 Å². The highest BCUT2D eigenvalue weighted by atomic mass is 16.5. The van der Waals surface area contributed by atoms with Gasteiger partial charge in [0.1, 0.15) is 23.5 Å². The molecule has 1 saturated heterocycles. The van der Waals surface area contributed by atoms with Gasteiger partial charge in [-0.05, 0) is 74.1 Å². The molecule has 0 atom stereocenters. The summed E-state index contributed by atoms with van der Waals surface area (Å²) in [5, 5.41) is 8.82. The van der Waals surface area contributed by atoms with Gasteiger partial charge in [-0.15, -0.1) is 0 Å². The summed E-state index contributed by atoms with van der Waals surface area (Å²) in [7, 11) is 0. The Morgan fingerprint density at radius 2 is 1.80 bits per heavy atom. The molecule has 128 valence electrons. The van der Waals surface area contributed by atoms with E-state index >= 15 is 0 Å². The van der Waals surface area contributed by atoms with Crippen LogP contribution in [-0.2, 0) is 0 Å². The van der Waals surface area contributed by atoms with E-state index in [2.05, 4.69) is 32.7 Å². The number of aromatic nitrogens is 2. The van der Waals surface area contributed by atoms with E-state index < -0.39 is 0 Å². The van der Waals surface area contributed by atoms with Crippen molar-refractivity contribution >= 4 is 22.4 Å². The van der Waals surface area contributed by atoms with Gasteiger partial charge in [-0.3, -0.25) is 0 Å². The van der Waals surface area contributed by atoms with E-state index in [4.69, 9.17) is 4.74 Å². The molecule has 5 heteroatoms. The van der Waals surface area contributed by atoms with Crippen LogP contribution in [-0.4, -0.2) is 29.2 Å². The van der Waals surface area contributed by atoms with Crippen molar-refractivity contribution in [1.29, 1.82) is 0 Å². The minimum absolute atomic E-state index is 0.301. The van der Waals surface area contributed by atoms with Crippen molar-refractivity contribution in [2.24, 2.45) is 0 Å². The summed E-state index contributed by atoms with van der Waals surface area (Å²) < 4.78 is 6.14. The van der Waals surface area contributed by atoms with Gasteiger partial charge in [0.05, 0.1) is 0 Å². The maximum Gasteiger partial charge on any atom is 0.132 e. The zero-order valence-corrected chi connectivity index (χ0v) is 14.3. The number of nitrogens with zero attached hydrogens (tertiary/aromatic N) is 2. The molecule has 0 saturated carbocycles. The summed E-state index contributed by atoms with van der Waals surface area (Å²) in [6, 6.07) is 12.2. The molecule has 0 radical (unpaired) electrons. The molecular weight excluding hydrogens is 312 g/mol. The number of rotatable bonds is 4. The van der Waals surface area contributed by atoms with Gasteiger partial charge in [0.25, 0.3) is 0 Å². The van der Waals surface area contributed by atoms with E-state index in [1.54, 1.807) is 0 Å². The number of nitrogens with one attached hydrogen (secondary N) is 2. The third-order valence-corrected chi connectivity index (χ3v) is 4.45. The highest BCUT2D eigenvalue weighted by Gasteiger charge is 2.14. The molecule has 5 nitrogen and oxygen atoms in total.